The van der Waals surface area contributed by atoms with Crippen molar-refractivity contribution in [2.45, 2.75) is 47.1 Å². The molecule has 31 heavy (non-hydrogen) atoms. The average Bonchev–Trinajstić information content (AvgIpc) is 3.19. The molecule has 0 spiro atoms. The Hall–Kier alpha value is -3.23. The zero-order valence-corrected chi connectivity index (χ0v) is 18.5. The van der Waals surface area contributed by atoms with E-state index in [1.165, 1.54) is 29.4 Å². The molecule has 9 heteroatoms. The first-order chi connectivity index (χ1) is 14.7. The molecule has 1 N–H and O–H groups in total. The highest BCUT2D eigenvalue weighted by molar-refractivity contribution is 5.95. The van der Waals surface area contributed by atoms with E-state index in [1.807, 2.05) is 13.8 Å². The van der Waals surface area contributed by atoms with Crippen LogP contribution in [0.25, 0.3) is 0 Å². The van der Waals surface area contributed by atoms with Gasteiger partial charge in [-0.3, -0.25) is 19.7 Å². The highest BCUT2D eigenvalue weighted by atomic mass is 16.6. The van der Waals surface area contributed by atoms with Gasteiger partial charge in [-0.15, -0.1) is 0 Å². The van der Waals surface area contributed by atoms with Crippen molar-refractivity contribution >= 4 is 17.5 Å². The van der Waals surface area contributed by atoms with Crippen molar-refractivity contribution in [1.82, 2.24) is 15.2 Å². The van der Waals surface area contributed by atoms with Crippen LogP contribution in [0, 0.1) is 22.0 Å². The van der Waals surface area contributed by atoms with Crippen molar-refractivity contribution in [3.8, 4) is 0 Å². The highest BCUT2D eigenvalue weighted by Crippen LogP contribution is 2.17. The van der Waals surface area contributed by atoms with Crippen molar-refractivity contribution in [3.05, 3.63) is 57.8 Å². The minimum absolute atomic E-state index is 0.0630. The number of hydrogen-bond donors (Lipinski definition) is 1. The summed E-state index contributed by atoms with van der Waals surface area (Å²) in [5.74, 6) is 0.381. The lowest BCUT2D eigenvalue weighted by Gasteiger charge is -2.22. The molecule has 1 heterocycles. The van der Waals surface area contributed by atoms with E-state index in [1.54, 1.807) is 6.07 Å². The summed E-state index contributed by atoms with van der Waals surface area (Å²) < 4.78 is 5.42. The van der Waals surface area contributed by atoms with Crippen LogP contribution in [0.15, 0.2) is 34.9 Å². The number of rotatable bonds is 11. The summed E-state index contributed by atoms with van der Waals surface area (Å²) in [7, 11) is 0. The molecule has 2 aromatic rings. The summed E-state index contributed by atoms with van der Waals surface area (Å²) in [5.41, 5.74) is 0.229. The zero-order chi connectivity index (χ0) is 23.0. The number of nitrogens with zero attached hydrogens (tertiary/aromatic N) is 3. The number of non-ortho nitro benzene ring substituents is 1. The number of benzene rings is 1. The molecule has 1 aromatic carbocycles. The minimum atomic E-state index is -0.534. The summed E-state index contributed by atoms with van der Waals surface area (Å²) in [6, 6.07) is 5.62. The Kier molecular flexibility index (Phi) is 8.72. The van der Waals surface area contributed by atoms with Crippen LogP contribution in [-0.2, 0) is 6.54 Å². The van der Waals surface area contributed by atoms with E-state index in [2.05, 4.69) is 24.1 Å². The predicted molar refractivity (Wildman–Crippen MR) is 116 cm³/mol. The van der Waals surface area contributed by atoms with Gasteiger partial charge in [0.2, 0.25) is 5.89 Å². The number of nitro groups is 1. The Morgan fingerprint density at radius 2 is 1.90 bits per heavy atom. The molecular formula is C22H30N4O5. The third-order valence-corrected chi connectivity index (χ3v) is 4.69. The van der Waals surface area contributed by atoms with E-state index < -0.39 is 4.92 Å². The number of amides is 2. The predicted octanol–water partition coefficient (Wildman–Crippen LogP) is 4.05. The molecule has 0 bridgehead atoms. The number of carbonyl (C=O) groups excluding carboxylic acids is 2. The van der Waals surface area contributed by atoms with E-state index >= 15 is 0 Å². The summed E-state index contributed by atoms with van der Waals surface area (Å²) >= 11 is 0. The third kappa shape index (κ3) is 7.51. The fourth-order valence-corrected chi connectivity index (χ4v) is 2.82. The minimum Gasteiger partial charge on any atom is -0.446 e. The number of nitrogens with one attached hydrogen (secondary N) is 1. The summed E-state index contributed by atoms with van der Waals surface area (Å²) in [5, 5.41) is 13.8. The summed E-state index contributed by atoms with van der Waals surface area (Å²) in [6.07, 6.45) is 2.87. The van der Waals surface area contributed by atoms with Crippen molar-refractivity contribution in [2.75, 3.05) is 13.1 Å². The number of hydrogen-bond acceptors (Lipinski definition) is 6. The second kappa shape index (κ2) is 11.2. The van der Waals surface area contributed by atoms with Crippen LogP contribution in [0.4, 0.5) is 5.69 Å². The molecule has 0 aliphatic rings. The first-order valence-electron chi connectivity index (χ1n) is 10.4. The van der Waals surface area contributed by atoms with Crippen LogP contribution in [-0.4, -0.2) is 39.7 Å². The van der Waals surface area contributed by atoms with E-state index in [9.17, 15) is 19.7 Å². The van der Waals surface area contributed by atoms with Gasteiger partial charge in [0, 0.05) is 30.8 Å². The lowest BCUT2D eigenvalue weighted by atomic mass is 10.1. The first kappa shape index (κ1) is 24.0. The van der Waals surface area contributed by atoms with E-state index in [-0.39, 0.29) is 41.2 Å². The number of aromatic nitrogens is 1. The normalized spacial score (nSPS) is 11.0. The average molecular weight is 431 g/mol. The van der Waals surface area contributed by atoms with E-state index in [4.69, 9.17) is 4.42 Å². The molecule has 2 rings (SSSR count). The second-order valence-corrected chi connectivity index (χ2v) is 8.28. The van der Waals surface area contributed by atoms with E-state index in [0.29, 0.717) is 24.9 Å². The fourth-order valence-electron chi connectivity index (χ4n) is 2.82. The molecule has 0 saturated carbocycles. The highest BCUT2D eigenvalue weighted by Gasteiger charge is 2.21. The van der Waals surface area contributed by atoms with Crippen LogP contribution >= 0.6 is 0 Å². The first-order valence-corrected chi connectivity index (χ1v) is 10.4. The molecule has 0 radical (unpaired) electrons. The number of carbonyl (C=O) groups is 2. The molecule has 1 aromatic heterocycles. The Labute approximate surface area is 182 Å². The maximum atomic E-state index is 13.0. The van der Waals surface area contributed by atoms with Crippen LogP contribution < -0.4 is 5.32 Å². The van der Waals surface area contributed by atoms with Gasteiger partial charge in [-0.2, -0.15) is 0 Å². The Balaban J connectivity index is 2.13. The molecule has 0 atom stereocenters. The fraction of sp³-hybridized carbons (Fsp3) is 0.500. The van der Waals surface area contributed by atoms with Gasteiger partial charge in [0.05, 0.1) is 11.5 Å². The Morgan fingerprint density at radius 1 is 1.19 bits per heavy atom. The Morgan fingerprint density at radius 3 is 2.55 bits per heavy atom. The van der Waals surface area contributed by atoms with Gasteiger partial charge < -0.3 is 14.6 Å². The monoisotopic (exact) mass is 430 g/mol. The van der Waals surface area contributed by atoms with Crippen molar-refractivity contribution in [3.63, 3.8) is 0 Å². The van der Waals surface area contributed by atoms with Gasteiger partial charge in [-0.05, 0) is 30.7 Å². The molecule has 0 unspecified atom stereocenters. The molecule has 9 nitrogen and oxygen atoms in total. The molecule has 168 valence electrons. The van der Waals surface area contributed by atoms with Crippen molar-refractivity contribution in [1.29, 1.82) is 0 Å². The van der Waals surface area contributed by atoms with E-state index in [0.717, 1.165) is 12.8 Å². The Bertz CT molecular complexity index is 907. The summed E-state index contributed by atoms with van der Waals surface area (Å²) in [6.45, 7) is 9.27. The SMILES string of the molecule is CC(C)CCNC(=O)c1coc(CN(CCC(C)C)C(=O)c2cccc([N+](=O)[O-])c2)n1. The number of oxazole rings is 1. The van der Waals surface area contributed by atoms with Crippen LogP contribution in [0.5, 0.6) is 0 Å². The molecule has 0 saturated heterocycles. The van der Waals surface area contributed by atoms with Gasteiger partial charge in [0.15, 0.2) is 5.69 Å². The molecule has 0 aliphatic heterocycles. The maximum absolute atomic E-state index is 13.0. The zero-order valence-electron chi connectivity index (χ0n) is 18.5. The van der Waals surface area contributed by atoms with Crippen LogP contribution in [0.2, 0.25) is 0 Å². The van der Waals surface area contributed by atoms with Crippen LogP contribution in [0.1, 0.15) is 67.3 Å². The third-order valence-electron chi connectivity index (χ3n) is 4.69. The van der Waals surface area contributed by atoms with Gasteiger partial charge in [0.25, 0.3) is 17.5 Å². The second-order valence-electron chi connectivity index (χ2n) is 8.28. The lowest BCUT2D eigenvalue weighted by molar-refractivity contribution is -0.384. The molecular weight excluding hydrogens is 400 g/mol. The molecule has 0 aliphatic carbocycles. The van der Waals surface area contributed by atoms with Gasteiger partial charge >= 0.3 is 0 Å². The standard InChI is InChI=1S/C22H30N4O5/c1-15(2)8-10-23-21(27)19-14-31-20(24-19)13-25(11-9-16(3)4)22(28)17-6-5-7-18(12-17)26(29)30/h5-7,12,14-16H,8-11,13H2,1-4H3,(H,23,27). The maximum Gasteiger partial charge on any atom is 0.273 e. The van der Waals surface area contributed by atoms with Gasteiger partial charge in [-0.25, -0.2) is 4.98 Å². The quantitative estimate of drug-likeness (QED) is 0.424. The molecule has 0 fully saturated rings. The van der Waals surface area contributed by atoms with Gasteiger partial charge in [0.1, 0.15) is 6.26 Å². The lowest BCUT2D eigenvalue weighted by Crippen LogP contribution is -2.32. The summed E-state index contributed by atoms with van der Waals surface area (Å²) in [4.78, 5) is 41.5. The smallest absolute Gasteiger partial charge is 0.273 e. The molecule has 2 amide bonds. The van der Waals surface area contributed by atoms with Crippen LogP contribution in [0.3, 0.4) is 0 Å². The van der Waals surface area contributed by atoms with Crippen molar-refractivity contribution in [2.24, 2.45) is 11.8 Å². The van der Waals surface area contributed by atoms with Crippen molar-refractivity contribution < 1.29 is 18.9 Å². The largest absolute Gasteiger partial charge is 0.446 e. The van der Waals surface area contributed by atoms with Gasteiger partial charge in [-0.1, -0.05) is 33.8 Å². The topological polar surface area (TPSA) is 119 Å². The number of nitro benzene ring substituents is 1.